The lowest BCUT2D eigenvalue weighted by molar-refractivity contribution is -0.212. The number of benzene rings is 5. The maximum absolute atomic E-state index is 13.9. The van der Waals surface area contributed by atoms with Gasteiger partial charge in [0.25, 0.3) is 0 Å². The van der Waals surface area contributed by atoms with Gasteiger partial charge in [-0.25, -0.2) is 4.79 Å². The van der Waals surface area contributed by atoms with Gasteiger partial charge in [-0.1, -0.05) is 91.7 Å². The van der Waals surface area contributed by atoms with Crippen molar-refractivity contribution in [2.45, 2.75) is 100 Å². The van der Waals surface area contributed by atoms with Crippen molar-refractivity contribution < 1.29 is 41.4 Å². The van der Waals surface area contributed by atoms with Gasteiger partial charge in [-0.05, 0) is 71.5 Å². The highest BCUT2D eigenvalue weighted by atomic mass is 31.1. The third kappa shape index (κ3) is 6.97. The number of ether oxygens (including phenoxy) is 5. The Bertz CT molecular complexity index is 2310. The molecule has 56 heavy (non-hydrogen) atoms. The van der Waals surface area contributed by atoms with Crippen LogP contribution >= 0.6 is 8.24 Å². The third-order valence-corrected chi connectivity index (χ3v) is 13.0. The van der Waals surface area contributed by atoms with E-state index in [4.69, 9.17) is 36.6 Å². The minimum absolute atomic E-state index is 0.227. The highest BCUT2D eigenvalue weighted by molar-refractivity contribution is 7.31. The number of anilines is 1. The summed E-state index contributed by atoms with van der Waals surface area (Å²) in [6, 6.07) is 33.9. The Morgan fingerprint density at radius 2 is 1.11 bits per heavy atom. The van der Waals surface area contributed by atoms with Gasteiger partial charge in [-0.15, -0.1) is 0 Å². The highest BCUT2D eigenvalue weighted by Crippen LogP contribution is 2.46. The van der Waals surface area contributed by atoms with Crippen molar-refractivity contribution in [3.63, 3.8) is 0 Å². The van der Waals surface area contributed by atoms with E-state index in [-0.39, 0.29) is 13.2 Å². The molecule has 2 saturated heterocycles. The van der Waals surface area contributed by atoms with Crippen LogP contribution < -0.4 is 9.84 Å². The van der Waals surface area contributed by atoms with E-state index in [1.165, 1.54) is 0 Å². The second kappa shape index (κ2) is 15.2. The molecular formula is C45H46NO9P. The fourth-order valence-corrected chi connectivity index (χ4v) is 10.4. The molecule has 1 N–H and O–H groups in total. The zero-order chi connectivity index (χ0) is 37.5. The summed E-state index contributed by atoms with van der Waals surface area (Å²) in [6.45, 7) is 0.473. The molecule has 10 nitrogen and oxygen atoms in total. The van der Waals surface area contributed by atoms with Gasteiger partial charge in [0.2, 0.25) is 0 Å². The maximum Gasteiger partial charge on any atom is 0.412 e. The summed E-state index contributed by atoms with van der Waals surface area (Å²) in [5.74, 6) is -1.46. The number of hydrogen-bond donors (Lipinski definition) is 1. The molecule has 1 amide bonds. The Balaban J connectivity index is 1.11. The van der Waals surface area contributed by atoms with Gasteiger partial charge in [0, 0.05) is 42.1 Å². The fourth-order valence-electron chi connectivity index (χ4n) is 9.16. The lowest BCUT2D eigenvalue weighted by atomic mass is 9.94. The average molecular weight is 776 g/mol. The van der Waals surface area contributed by atoms with Crippen LogP contribution in [0.5, 0.6) is 0 Å². The van der Waals surface area contributed by atoms with Gasteiger partial charge in [0.05, 0.1) is 13.2 Å². The molecule has 2 saturated carbocycles. The summed E-state index contributed by atoms with van der Waals surface area (Å²) < 4.78 is 53.9. The minimum Gasteiger partial charge on any atom is -0.440 e. The predicted molar refractivity (Wildman–Crippen MR) is 215 cm³/mol. The first-order chi connectivity index (χ1) is 27.5. The van der Waals surface area contributed by atoms with Crippen molar-refractivity contribution in [1.82, 2.24) is 0 Å². The van der Waals surface area contributed by atoms with Crippen LogP contribution in [0.4, 0.5) is 10.5 Å². The molecule has 0 radical (unpaired) electrons. The molecule has 1 aromatic heterocycles. The van der Waals surface area contributed by atoms with Crippen molar-refractivity contribution in [3.8, 4) is 0 Å². The molecule has 10 rings (SSSR count). The summed E-state index contributed by atoms with van der Waals surface area (Å²) in [4.78, 5) is 13.9. The van der Waals surface area contributed by atoms with E-state index < -0.39 is 50.3 Å². The number of carbonyl (C=O) groups is 1. The molecule has 3 heterocycles. The number of para-hydroxylation sites is 1. The van der Waals surface area contributed by atoms with Crippen molar-refractivity contribution in [2.24, 2.45) is 0 Å². The highest BCUT2D eigenvalue weighted by Gasteiger charge is 2.54. The van der Waals surface area contributed by atoms with Crippen LogP contribution in [0.3, 0.4) is 0 Å². The molecule has 4 aliphatic rings. The first kappa shape index (κ1) is 36.0. The first-order valence-electron chi connectivity index (χ1n) is 20.1. The molecule has 0 unspecified atom stereocenters. The molecule has 2 spiro atoms. The Kier molecular flexibility index (Phi) is 9.74. The topological polar surface area (TPSA) is 111 Å². The summed E-state index contributed by atoms with van der Waals surface area (Å²) in [7, 11) is -2.15. The summed E-state index contributed by atoms with van der Waals surface area (Å²) in [6.07, 6.45) is 5.60. The Labute approximate surface area is 325 Å². The largest absolute Gasteiger partial charge is 0.440 e. The lowest BCUT2D eigenvalue weighted by Crippen LogP contribution is -2.53. The van der Waals surface area contributed by atoms with Crippen molar-refractivity contribution in [3.05, 3.63) is 103 Å². The van der Waals surface area contributed by atoms with Crippen LogP contribution in [0.15, 0.2) is 112 Å². The van der Waals surface area contributed by atoms with Crippen LogP contribution in [0, 0.1) is 0 Å². The zero-order valence-electron chi connectivity index (χ0n) is 31.2. The number of rotatable bonds is 7. The molecule has 2 aliphatic heterocycles. The van der Waals surface area contributed by atoms with Crippen LogP contribution in [-0.2, 0) is 23.7 Å². The third-order valence-electron chi connectivity index (χ3n) is 11.9. The molecular weight excluding hydrogens is 729 g/mol. The summed E-state index contributed by atoms with van der Waals surface area (Å²) in [5, 5.41) is 9.02. The molecule has 6 aromatic rings. The minimum atomic E-state index is -2.15. The van der Waals surface area contributed by atoms with E-state index in [2.05, 4.69) is 41.7 Å². The number of hydrogen-bond acceptors (Lipinski definition) is 9. The van der Waals surface area contributed by atoms with E-state index >= 15 is 0 Å². The first-order valence-corrected chi connectivity index (χ1v) is 21.2. The smallest absolute Gasteiger partial charge is 0.412 e. The molecule has 290 valence electrons. The van der Waals surface area contributed by atoms with Crippen LogP contribution in [0.2, 0.25) is 0 Å². The van der Waals surface area contributed by atoms with Crippen molar-refractivity contribution in [1.29, 1.82) is 0 Å². The van der Waals surface area contributed by atoms with Crippen molar-refractivity contribution in [2.75, 3.05) is 18.5 Å². The average Bonchev–Trinajstić information content (AvgIpc) is 3.78. The van der Waals surface area contributed by atoms with Gasteiger partial charge in [-0.3, -0.25) is 9.84 Å². The Morgan fingerprint density at radius 3 is 1.66 bits per heavy atom. The Morgan fingerprint density at radius 1 is 0.607 bits per heavy atom. The number of amides is 1. The molecule has 0 bridgehead atoms. The zero-order valence-corrected chi connectivity index (χ0v) is 32.1. The molecule has 4 fully saturated rings. The normalized spacial score (nSPS) is 22.9. The summed E-state index contributed by atoms with van der Waals surface area (Å²) in [5.41, 5.74) is 1.88. The van der Waals surface area contributed by atoms with Gasteiger partial charge in [-0.2, -0.15) is 0 Å². The standard InChI is InChI=1S/C45H46NO9P/c47-43(46-32-16-4-1-5-17-32)50-41(37-28-48-44(51-37)24-10-2-11-25-44)42(38-29-49-45(52-38)26-12-3-13-27-45)55-56-53-35-22-20-30-14-6-8-18-33(30)39(35)40-34-19-9-7-15-31(34)21-23-36(40)54-56/h1,4-9,14-23,37-38,41-42H,2-3,10-13,24-29H2,(H,46,47)/t37-,38-,41-,42-/m1/s1. The molecule has 2 aliphatic carbocycles. The number of nitrogens with one attached hydrogen (secondary N) is 1. The van der Waals surface area contributed by atoms with E-state index in [0.717, 1.165) is 96.5 Å². The van der Waals surface area contributed by atoms with Crippen molar-refractivity contribution >= 4 is 63.5 Å². The van der Waals surface area contributed by atoms with E-state index in [9.17, 15) is 4.79 Å². The second-order valence-electron chi connectivity index (χ2n) is 15.5. The van der Waals surface area contributed by atoms with Crippen LogP contribution in [0.1, 0.15) is 64.2 Å². The second-order valence-corrected chi connectivity index (χ2v) is 16.6. The molecule has 5 aromatic carbocycles. The lowest BCUT2D eigenvalue weighted by Gasteiger charge is -2.36. The SMILES string of the molecule is O=C(Nc1ccccc1)O[C@@H]([C@H](Op1oc2ccc3ccccc3c2c2c(ccc3ccccc32)o1)[C@H]1COC2(CCCCC2)O1)[C@H]1COC2(CCCCC2)O1. The fraction of sp³-hybridized carbons (Fsp3) is 0.400. The van der Waals surface area contributed by atoms with Gasteiger partial charge < -0.3 is 32.1 Å². The quantitative estimate of drug-likeness (QED) is 0.169. The van der Waals surface area contributed by atoms with E-state index in [1.54, 1.807) is 0 Å². The number of fused-ring (bicyclic) bond motifs is 7. The van der Waals surface area contributed by atoms with Crippen LogP contribution in [-0.4, -0.2) is 55.3 Å². The summed E-state index contributed by atoms with van der Waals surface area (Å²) >= 11 is 0. The predicted octanol–water partition coefficient (Wildman–Crippen LogP) is 11.2. The van der Waals surface area contributed by atoms with Crippen LogP contribution in [0.25, 0.3) is 43.5 Å². The Hall–Kier alpha value is -4.41. The number of carbonyl (C=O) groups excluding carboxylic acids is 1. The maximum atomic E-state index is 13.9. The molecule has 4 atom stereocenters. The monoisotopic (exact) mass is 775 g/mol. The molecule has 11 heteroatoms. The van der Waals surface area contributed by atoms with Gasteiger partial charge in [0.1, 0.15) is 29.5 Å². The van der Waals surface area contributed by atoms with Gasteiger partial charge >= 0.3 is 14.3 Å². The van der Waals surface area contributed by atoms with E-state index in [0.29, 0.717) is 16.9 Å². The van der Waals surface area contributed by atoms with Gasteiger partial charge in [0.15, 0.2) is 17.7 Å². The van der Waals surface area contributed by atoms with E-state index in [1.807, 2.05) is 66.7 Å².